The van der Waals surface area contributed by atoms with Crippen LogP contribution < -0.4 is 15.5 Å². The van der Waals surface area contributed by atoms with Crippen molar-refractivity contribution in [2.24, 2.45) is 10.9 Å². The molecule has 1 aliphatic carbocycles. The number of hydrogen-bond donors (Lipinski definition) is 2. The van der Waals surface area contributed by atoms with Crippen LogP contribution in [-0.4, -0.2) is 46.6 Å². The molecule has 1 aromatic carbocycles. The van der Waals surface area contributed by atoms with Crippen molar-refractivity contribution in [3.05, 3.63) is 120 Å². The lowest BCUT2D eigenvalue weighted by Gasteiger charge is -2.31. The summed E-state index contributed by atoms with van der Waals surface area (Å²) in [6, 6.07) is 9.76. The van der Waals surface area contributed by atoms with Crippen molar-refractivity contribution in [2.45, 2.75) is 66.3 Å². The number of carbonyl (C=O) groups excluding carboxylic acids is 2. The molecule has 0 spiro atoms. The first-order valence-electron chi connectivity index (χ1n) is 16.5. The average molecular weight is 649 g/mol. The average Bonchev–Trinajstić information content (AvgIpc) is 3.93. The molecular formula is C39H48N6O3. The Kier molecular flexibility index (Phi) is 12.3. The molecular weight excluding hydrogens is 600 g/mol. The molecule has 0 bridgehead atoms. The Hall–Kier alpha value is -5.18. The number of nitrogens with one attached hydrogen (secondary N) is 2. The van der Waals surface area contributed by atoms with Crippen LogP contribution in [0.3, 0.4) is 0 Å². The lowest BCUT2D eigenvalue weighted by molar-refractivity contribution is -0.126. The van der Waals surface area contributed by atoms with Crippen molar-refractivity contribution in [3.8, 4) is 5.75 Å². The molecule has 0 saturated heterocycles. The van der Waals surface area contributed by atoms with Crippen LogP contribution in [0.2, 0.25) is 0 Å². The highest BCUT2D eigenvalue weighted by Gasteiger charge is 2.31. The summed E-state index contributed by atoms with van der Waals surface area (Å²) in [5, 5.41) is 4.78. The number of amides is 2. The predicted octanol–water partition coefficient (Wildman–Crippen LogP) is 7.30. The maximum Gasteiger partial charge on any atom is 0.249 e. The van der Waals surface area contributed by atoms with Crippen LogP contribution in [0.5, 0.6) is 5.75 Å². The van der Waals surface area contributed by atoms with Crippen molar-refractivity contribution >= 4 is 28.8 Å². The molecule has 0 unspecified atom stereocenters. The minimum Gasteiger partial charge on any atom is -0.494 e. The monoisotopic (exact) mass is 648 g/mol. The molecule has 0 radical (unpaired) electrons. The topological polar surface area (TPSA) is 99.2 Å². The number of aromatic nitrogens is 1. The normalized spacial score (nSPS) is 16.3. The van der Waals surface area contributed by atoms with Gasteiger partial charge in [0.25, 0.3) is 0 Å². The number of pyridine rings is 1. The van der Waals surface area contributed by atoms with Crippen molar-refractivity contribution in [1.29, 1.82) is 0 Å². The summed E-state index contributed by atoms with van der Waals surface area (Å²) in [5.41, 5.74) is 10.3. The fourth-order valence-corrected chi connectivity index (χ4v) is 5.15. The third-order valence-corrected chi connectivity index (χ3v) is 8.21. The molecule has 2 aliphatic rings. The van der Waals surface area contributed by atoms with Gasteiger partial charge in [0.05, 0.1) is 30.8 Å². The Labute approximate surface area is 285 Å². The van der Waals surface area contributed by atoms with E-state index in [1.165, 1.54) is 5.56 Å². The van der Waals surface area contributed by atoms with Gasteiger partial charge in [0.1, 0.15) is 11.5 Å². The van der Waals surface area contributed by atoms with E-state index in [0.29, 0.717) is 40.8 Å². The lowest BCUT2D eigenvalue weighted by Crippen LogP contribution is -2.45. The number of allylic oxidation sites excluding steroid dienone is 6. The first kappa shape index (κ1) is 35.7. The maximum atomic E-state index is 13.3. The number of rotatable bonds is 14. The maximum absolute atomic E-state index is 13.3. The van der Waals surface area contributed by atoms with Crippen LogP contribution in [-0.2, 0) is 22.6 Å². The number of aryl methyl sites for hydroxylation is 1. The Morgan fingerprint density at radius 1 is 1.21 bits per heavy atom. The number of aliphatic imine (C=N–C) groups is 1. The molecule has 2 aromatic rings. The van der Waals surface area contributed by atoms with Crippen LogP contribution in [0.25, 0.3) is 5.57 Å². The van der Waals surface area contributed by atoms with E-state index in [9.17, 15) is 9.59 Å². The van der Waals surface area contributed by atoms with E-state index < -0.39 is 0 Å². The molecule has 9 nitrogen and oxygen atoms in total. The van der Waals surface area contributed by atoms with Crippen LogP contribution >= 0.6 is 0 Å². The summed E-state index contributed by atoms with van der Waals surface area (Å²) in [7, 11) is 3.38. The number of benzene rings is 1. The van der Waals surface area contributed by atoms with Gasteiger partial charge in [0, 0.05) is 42.6 Å². The summed E-state index contributed by atoms with van der Waals surface area (Å²) in [5.74, 6) is 1.01. The number of ether oxygens (including phenoxy) is 1. The van der Waals surface area contributed by atoms with Crippen molar-refractivity contribution in [2.75, 3.05) is 14.2 Å². The smallest absolute Gasteiger partial charge is 0.249 e. The molecule has 0 atom stereocenters. The van der Waals surface area contributed by atoms with Gasteiger partial charge in [-0.25, -0.2) is 4.99 Å². The molecule has 2 N–H and O–H groups in total. The van der Waals surface area contributed by atoms with Gasteiger partial charge in [0.15, 0.2) is 5.75 Å². The highest BCUT2D eigenvalue weighted by Crippen LogP contribution is 2.37. The molecule has 1 saturated carbocycles. The highest BCUT2D eigenvalue weighted by molar-refractivity contribution is 6.10. The van der Waals surface area contributed by atoms with Gasteiger partial charge in [-0.15, -0.1) is 0 Å². The predicted molar refractivity (Wildman–Crippen MR) is 194 cm³/mol. The van der Waals surface area contributed by atoms with Gasteiger partial charge in [-0.1, -0.05) is 69.4 Å². The van der Waals surface area contributed by atoms with E-state index in [-0.39, 0.29) is 17.7 Å². The van der Waals surface area contributed by atoms with Crippen molar-refractivity contribution in [3.63, 3.8) is 0 Å². The fourth-order valence-electron chi connectivity index (χ4n) is 5.15. The van der Waals surface area contributed by atoms with E-state index >= 15 is 0 Å². The van der Waals surface area contributed by atoms with Crippen LogP contribution in [0, 0.1) is 5.92 Å². The molecule has 48 heavy (non-hydrogen) atoms. The molecule has 9 heteroatoms. The number of nitrogens with zero attached hydrogens (tertiary/aromatic N) is 4. The zero-order chi connectivity index (χ0) is 34.8. The SMILES string of the molecule is C=C/C(=C\C=C(/C)C(=O)N(C)Cc1cc(CCC)ccn1)c1cccc(N=C2C=C(NC(=O)C3CC3)NN(/C=C(/C)CC)C2=C)c1OC. The van der Waals surface area contributed by atoms with E-state index in [2.05, 4.69) is 48.8 Å². The molecule has 252 valence electrons. The Morgan fingerprint density at radius 2 is 1.98 bits per heavy atom. The minimum absolute atomic E-state index is 0.0111. The molecule has 2 heterocycles. The largest absolute Gasteiger partial charge is 0.494 e. The molecule has 2 amide bonds. The summed E-state index contributed by atoms with van der Waals surface area (Å²) < 4.78 is 5.90. The Balaban J connectivity index is 1.62. The second-order valence-electron chi connectivity index (χ2n) is 12.2. The van der Waals surface area contributed by atoms with Crippen LogP contribution in [0.1, 0.15) is 70.2 Å². The van der Waals surface area contributed by atoms with E-state index in [0.717, 1.165) is 54.5 Å². The minimum atomic E-state index is -0.0952. The van der Waals surface area contributed by atoms with Crippen LogP contribution in [0.15, 0.2) is 108 Å². The van der Waals surface area contributed by atoms with Gasteiger partial charge in [-0.05, 0) is 68.9 Å². The molecule has 1 aliphatic heterocycles. The van der Waals surface area contributed by atoms with Crippen molar-refractivity contribution < 1.29 is 14.3 Å². The Morgan fingerprint density at radius 3 is 2.65 bits per heavy atom. The summed E-state index contributed by atoms with van der Waals surface area (Å²) in [6.07, 6.45) is 15.6. The molecule has 1 aromatic heterocycles. The van der Waals surface area contributed by atoms with Crippen molar-refractivity contribution in [1.82, 2.24) is 25.6 Å². The number of methoxy groups -OCH3 is 1. The molecule has 1 fully saturated rings. The van der Waals surface area contributed by atoms with E-state index in [1.54, 1.807) is 55.4 Å². The first-order chi connectivity index (χ1) is 23.1. The number of carbonyl (C=O) groups is 2. The second-order valence-corrected chi connectivity index (χ2v) is 12.2. The summed E-state index contributed by atoms with van der Waals surface area (Å²) in [6.45, 7) is 16.8. The highest BCUT2D eigenvalue weighted by atomic mass is 16.5. The second kappa shape index (κ2) is 16.6. The van der Waals surface area contributed by atoms with Gasteiger partial charge in [0.2, 0.25) is 11.8 Å². The summed E-state index contributed by atoms with van der Waals surface area (Å²) >= 11 is 0. The van der Waals surface area contributed by atoms with Gasteiger partial charge >= 0.3 is 0 Å². The lowest BCUT2D eigenvalue weighted by atomic mass is 10.0. The number of para-hydroxylation sites is 1. The zero-order valence-electron chi connectivity index (χ0n) is 29.1. The standard InChI is InChI=1S/C39H48N6O3/c1-9-13-29-20-21-40-32(22-29)25-44(7)39(47)27(5)16-17-30(11-3)33-14-12-15-34(37(33)48-8)41-35-23-36(42-38(46)31-18-19-31)43-45(28(35)6)24-26(4)10-2/h11-12,14-17,20-24,31,43H,3,6,9-10,13,18-19,25H2,1-2,4-5,7-8H3,(H,42,46)/b26-24-,27-16+,30-17+,41-35?. The van der Waals surface area contributed by atoms with Crippen LogP contribution in [0.4, 0.5) is 5.69 Å². The van der Waals surface area contributed by atoms with Gasteiger partial charge in [-0.3, -0.25) is 25.0 Å². The van der Waals surface area contributed by atoms with Gasteiger partial charge < -0.3 is 15.0 Å². The van der Waals surface area contributed by atoms with E-state index in [4.69, 9.17) is 9.73 Å². The zero-order valence-corrected chi connectivity index (χ0v) is 29.1. The Bertz CT molecular complexity index is 1710. The third-order valence-electron chi connectivity index (χ3n) is 8.21. The van der Waals surface area contributed by atoms with E-state index in [1.807, 2.05) is 43.5 Å². The number of likely N-dealkylation sites (N-methyl/N-ethyl adjacent to an activating group) is 1. The molecule has 4 rings (SSSR count). The summed E-state index contributed by atoms with van der Waals surface area (Å²) in [4.78, 5) is 36.9. The fraction of sp³-hybridized carbons (Fsp3) is 0.333. The quantitative estimate of drug-likeness (QED) is 0.165. The first-order valence-corrected chi connectivity index (χ1v) is 16.5. The third kappa shape index (κ3) is 9.21. The van der Waals surface area contributed by atoms with Gasteiger partial charge in [-0.2, -0.15) is 0 Å². The number of hydrogen-bond acceptors (Lipinski definition) is 7. The number of hydrazine groups is 1.